The highest BCUT2D eigenvalue weighted by atomic mass is 16.5. The van der Waals surface area contributed by atoms with Gasteiger partial charge in [0.2, 0.25) is 5.95 Å². The lowest BCUT2D eigenvalue weighted by Crippen LogP contribution is -2.04. The predicted octanol–water partition coefficient (Wildman–Crippen LogP) is 4.89. The molecule has 0 atom stereocenters. The van der Waals surface area contributed by atoms with Crippen LogP contribution in [0.3, 0.4) is 0 Å². The van der Waals surface area contributed by atoms with Gasteiger partial charge < -0.3 is 15.4 Å². The number of para-hydroxylation sites is 1. The molecule has 6 heteroatoms. The highest BCUT2D eigenvalue weighted by Crippen LogP contribution is 2.21. The van der Waals surface area contributed by atoms with Gasteiger partial charge in [0.15, 0.2) is 0 Å². The Morgan fingerprint density at radius 3 is 2.64 bits per heavy atom. The first-order chi connectivity index (χ1) is 13.6. The van der Waals surface area contributed by atoms with E-state index in [9.17, 15) is 4.79 Å². The van der Waals surface area contributed by atoms with Crippen molar-refractivity contribution < 1.29 is 9.53 Å². The van der Waals surface area contributed by atoms with Gasteiger partial charge >= 0.3 is 5.97 Å². The van der Waals surface area contributed by atoms with Gasteiger partial charge in [-0.15, -0.1) is 0 Å². The van der Waals surface area contributed by atoms with Crippen molar-refractivity contribution in [3.05, 3.63) is 84.1 Å². The van der Waals surface area contributed by atoms with Gasteiger partial charge in [0.25, 0.3) is 0 Å². The molecular formula is C22H22N4O2. The maximum Gasteiger partial charge on any atom is 0.330 e. The van der Waals surface area contributed by atoms with E-state index >= 15 is 0 Å². The Morgan fingerprint density at radius 1 is 1.07 bits per heavy atom. The Hall–Kier alpha value is -3.67. The maximum atomic E-state index is 11.5. The molecule has 0 bridgehead atoms. The van der Waals surface area contributed by atoms with Crippen molar-refractivity contribution in [3.8, 4) is 0 Å². The van der Waals surface area contributed by atoms with Crippen LogP contribution >= 0.6 is 0 Å². The molecular weight excluding hydrogens is 352 g/mol. The summed E-state index contributed by atoms with van der Waals surface area (Å²) in [7, 11) is 0. The zero-order valence-electron chi connectivity index (χ0n) is 15.8. The molecule has 1 aromatic heterocycles. The van der Waals surface area contributed by atoms with Crippen LogP contribution in [0.1, 0.15) is 18.1 Å². The van der Waals surface area contributed by atoms with Crippen LogP contribution in [0.2, 0.25) is 0 Å². The quantitative estimate of drug-likeness (QED) is 0.453. The summed E-state index contributed by atoms with van der Waals surface area (Å²) in [5.41, 5.74) is 3.58. The van der Waals surface area contributed by atoms with Gasteiger partial charge in [0, 0.05) is 29.2 Å². The van der Waals surface area contributed by atoms with Crippen molar-refractivity contribution >= 4 is 29.1 Å². The molecule has 0 aliphatic carbocycles. The molecule has 0 aliphatic heterocycles. The largest absolute Gasteiger partial charge is 0.458 e. The number of aromatic nitrogens is 2. The summed E-state index contributed by atoms with van der Waals surface area (Å²) in [6, 6.07) is 17.4. The average Bonchev–Trinajstić information content (AvgIpc) is 2.70. The van der Waals surface area contributed by atoms with E-state index < -0.39 is 0 Å². The Morgan fingerprint density at radius 2 is 1.86 bits per heavy atom. The molecule has 28 heavy (non-hydrogen) atoms. The summed E-state index contributed by atoms with van der Waals surface area (Å²) in [6.07, 6.45) is 4.82. The van der Waals surface area contributed by atoms with Crippen LogP contribution in [0.4, 0.5) is 23.1 Å². The molecule has 1 heterocycles. The van der Waals surface area contributed by atoms with Crippen LogP contribution in [0.15, 0.2) is 72.9 Å². The van der Waals surface area contributed by atoms with E-state index in [0.29, 0.717) is 11.8 Å². The molecule has 2 aromatic carbocycles. The van der Waals surface area contributed by atoms with E-state index in [0.717, 1.165) is 22.5 Å². The van der Waals surface area contributed by atoms with Crippen LogP contribution in [0, 0.1) is 6.92 Å². The molecule has 0 spiro atoms. The van der Waals surface area contributed by atoms with Crippen LogP contribution < -0.4 is 10.6 Å². The number of carbonyl (C=O) groups is 1. The molecule has 3 rings (SSSR count). The van der Waals surface area contributed by atoms with Crippen LogP contribution in [-0.2, 0) is 16.1 Å². The van der Waals surface area contributed by atoms with Gasteiger partial charge in [-0.05, 0) is 43.7 Å². The van der Waals surface area contributed by atoms with Crippen molar-refractivity contribution in [1.82, 2.24) is 9.97 Å². The number of rotatable bonds is 7. The average molecular weight is 374 g/mol. The third-order valence-electron chi connectivity index (χ3n) is 3.88. The number of anilines is 4. The van der Waals surface area contributed by atoms with Crippen molar-refractivity contribution in [2.45, 2.75) is 20.5 Å². The lowest BCUT2D eigenvalue weighted by Gasteiger charge is -2.12. The van der Waals surface area contributed by atoms with Crippen molar-refractivity contribution in [3.63, 3.8) is 0 Å². The molecule has 142 valence electrons. The Balaban J connectivity index is 1.71. The molecule has 6 nitrogen and oxygen atoms in total. The minimum absolute atomic E-state index is 0.211. The monoisotopic (exact) mass is 374 g/mol. The molecule has 0 radical (unpaired) electrons. The van der Waals surface area contributed by atoms with Crippen molar-refractivity contribution in [2.24, 2.45) is 0 Å². The Labute approximate surface area is 164 Å². The molecule has 0 unspecified atom stereocenters. The minimum atomic E-state index is -0.357. The molecule has 0 aliphatic rings. The number of nitrogens with zero attached hydrogens (tertiary/aromatic N) is 2. The minimum Gasteiger partial charge on any atom is -0.458 e. The van der Waals surface area contributed by atoms with Gasteiger partial charge in [-0.25, -0.2) is 9.78 Å². The summed E-state index contributed by atoms with van der Waals surface area (Å²) >= 11 is 0. The van der Waals surface area contributed by atoms with Gasteiger partial charge in [-0.2, -0.15) is 4.98 Å². The Bertz CT molecular complexity index is 971. The normalized spacial score (nSPS) is 10.6. The topological polar surface area (TPSA) is 76.1 Å². The first-order valence-corrected chi connectivity index (χ1v) is 8.95. The van der Waals surface area contributed by atoms with E-state index in [4.69, 9.17) is 4.74 Å². The molecule has 0 saturated carbocycles. The fourth-order valence-electron chi connectivity index (χ4n) is 2.49. The van der Waals surface area contributed by atoms with Crippen LogP contribution in [0.25, 0.3) is 0 Å². The molecule has 0 saturated heterocycles. The van der Waals surface area contributed by atoms with E-state index in [2.05, 4.69) is 20.6 Å². The predicted molar refractivity (Wildman–Crippen MR) is 111 cm³/mol. The third kappa shape index (κ3) is 5.41. The number of hydrogen-bond acceptors (Lipinski definition) is 6. The van der Waals surface area contributed by atoms with E-state index in [-0.39, 0.29) is 12.6 Å². The maximum absolute atomic E-state index is 11.5. The molecule has 0 amide bonds. The summed E-state index contributed by atoms with van der Waals surface area (Å²) in [4.78, 5) is 20.4. The zero-order valence-corrected chi connectivity index (χ0v) is 15.8. The number of esters is 1. The van der Waals surface area contributed by atoms with Gasteiger partial charge in [0.05, 0.1) is 0 Å². The number of hydrogen-bond donors (Lipinski definition) is 2. The number of nitrogens with one attached hydrogen (secondary N) is 2. The lowest BCUT2D eigenvalue weighted by atomic mass is 10.2. The standard InChI is InChI=1S/C22H22N4O2/c1-3-8-20(27)28-15-17-9-7-12-19(13-17)24-21-16(2)14-23-22(26-21)25-18-10-5-4-6-11-18/h3-14H,15H2,1-2H3,(H2,23,24,25,26). The lowest BCUT2D eigenvalue weighted by molar-refractivity contribution is -0.139. The van der Waals surface area contributed by atoms with E-state index in [1.165, 1.54) is 6.08 Å². The summed E-state index contributed by atoms with van der Waals surface area (Å²) in [6.45, 7) is 3.93. The fourth-order valence-corrected chi connectivity index (χ4v) is 2.49. The first-order valence-electron chi connectivity index (χ1n) is 8.95. The van der Waals surface area contributed by atoms with Gasteiger partial charge in [-0.1, -0.05) is 36.4 Å². The number of carbonyl (C=O) groups excluding carboxylic acids is 1. The second kappa shape index (κ2) is 9.32. The highest BCUT2D eigenvalue weighted by molar-refractivity contribution is 5.81. The number of ether oxygens (including phenoxy) is 1. The molecule has 0 fully saturated rings. The molecule has 3 aromatic rings. The fraction of sp³-hybridized carbons (Fsp3) is 0.136. The van der Waals surface area contributed by atoms with Gasteiger partial charge in [0.1, 0.15) is 12.4 Å². The van der Waals surface area contributed by atoms with E-state index in [1.54, 1.807) is 19.2 Å². The second-order valence-corrected chi connectivity index (χ2v) is 6.15. The highest BCUT2D eigenvalue weighted by Gasteiger charge is 2.06. The summed E-state index contributed by atoms with van der Waals surface area (Å²) in [5, 5.41) is 6.49. The number of benzene rings is 2. The van der Waals surface area contributed by atoms with Crippen LogP contribution in [-0.4, -0.2) is 15.9 Å². The van der Waals surface area contributed by atoms with Gasteiger partial charge in [-0.3, -0.25) is 0 Å². The SMILES string of the molecule is CC=CC(=O)OCc1cccc(Nc2nc(Nc3ccccc3)ncc2C)c1. The summed E-state index contributed by atoms with van der Waals surface area (Å²) in [5.74, 6) is 0.858. The zero-order chi connectivity index (χ0) is 19.8. The number of allylic oxidation sites excluding steroid dienone is 1. The van der Waals surface area contributed by atoms with Crippen molar-refractivity contribution in [2.75, 3.05) is 10.6 Å². The second-order valence-electron chi connectivity index (χ2n) is 6.15. The Kier molecular flexibility index (Phi) is 6.36. The number of aryl methyl sites for hydroxylation is 1. The van der Waals surface area contributed by atoms with E-state index in [1.807, 2.05) is 61.5 Å². The third-order valence-corrected chi connectivity index (χ3v) is 3.88. The summed E-state index contributed by atoms with van der Waals surface area (Å²) < 4.78 is 5.19. The smallest absolute Gasteiger partial charge is 0.330 e. The van der Waals surface area contributed by atoms with Crippen LogP contribution in [0.5, 0.6) is 0 Å². The molecule has 2 N–H and O–H groups in total. The van der Waals surface area contributed by atoms with Crippen molar-refractivity contribution in [1.29, 1.82) is 0 Å². The first kappa shape index (κ1) is 19.1.